The number of carbonyl (C=O) groups is 2. The maximum Gasteiger partial charge on any atom is 0.471 e. The molecule has 7 heteroatoms. The first kappa shape index (κ1) is 11.4. The number of nitrogens with zero attached hydrogens (tertiary/aromatic N) is 1. The number of hydrogen-bond acceptors (Lipinski definition) is 3. The molecule has 0 N–H and O–H groups in total. The average Bonchev–Trinajstić information content (AvgIpc) is 2.19. The topological polar surface area (TPSA) is 46.6 Å². The summed E-state index contributed by atoms with van der Waals surface area (Å²) in [6.45, 7) is 1.80. The van der Waals surface area contributed by atoms with Crippen molar-refractivity contribution in [3.8, 4) is 0 Å². The van der Waals surface area contributed by atoms with E-state index in [1.807, 2.05) is 0 Å². The third-order valence-corrected chi connectivity index (χ3v) is 3.06. The van der Waals surface area contributed by atoms with Crippen molar-refractivity contribution in [2.45, 2.75) is 32.2 Å². The molecule has 0 saturated carbocycles. The fourth-order valence-corrected chi connectivity index (χ4v) is 2.16. The number of amides is 2. The fourth-order valence-electron chi connectivity index (χ4n) is 2.16. The van der Waals surface area contributed by atoms with Crippen LogP contribution in [0.2, 0.25) is 0 Å². The highest BCUT2D eigenvalue weighted by Crippen LogP contribution is 2.47. The summed E-state index contributed by atoms with van der Waals surface area (Å²) in [5.41, 5.74) is -0.959. The Hall–Kier alpha value is -1.11. The first-order valence-corrected chi connectivity index (χ1v) is 4.85. The second kappa shape index (κ2) is 3.19. The number of ether oxygens (including phenoxy) is 1. The predicted molar refractivity (Wildman–Crippen MR) is 45.0 cm³/mol. The molecule has 2 aliphatic rings. The minimum atomic E-state index is -5.03. The minimum Gasteiger partial charge on any atom is -0.357 e. The highest BCUT2D eigenvalue weighted by Gasteiger charge is 2.65. The van der Waals surface area contributed by atoms with Gasteiger partial charge in [0.1, 0.15) is 0 Å². The number of alkyl halides is 3. The summed E-state index contributed by atoms with van der Waals surface area (Å²) < 4.78 is 41.6. The SMILES string of the molecule is C[C@@]12CCCO[C@@H]1N(C(=O)C(F)(F)F)C2=O. The van der Waals surface area contributed by atoms with Gasteiger partial charge in [-0.1, -0.05) is 0 Å². The van der Waals surface area contributed by atoms with Crippen LogP contribution in [0.1, 0.15) is 19.8 Å². The molecule has 2 amide bonds. The van der Waals surface area contributed by atoms with Crippen molar-refractivity contribution in [3.05, 3.63) is 0 Å². The number of halogens is 3. The molecule has 2 fully saturated rings. The summed E-state index contributed by atoms with van der Waals surface area (Å²) in [7, 11) is 0. The molecule has 0 aliphatic carbocycles. The lowest BCUT2D eigenvalue weighted by Crippen LogP contribution is -2.73. The van der Waals surface area contributed by atoms with Gasteiger partial charge in [0.2, 0.25) is 5.91 Å². The van der Waals surface area contributed by atoms with Gasteiger partial charge < -0.3 is 4.74 Å². The highest BCUT2D eigenvalue weighted by molar-refractivity contribution is 6.05. The monoisotopic (exact) mass is 237 g/mol. The van der Waals surface area contributed by atoms with Crippen molar-refractivity contribution < 1.29 is 27.5 Å². The van der Waals surface area contributed by atoms with Crippen molar-refractivity contribution in [1.82, 2.24) is 4.90 Å². The van der Waals surface area contributed by atoms with Crippen molar-refractivity contribution in [2.75, 3.05) is 6.61 Å². The number of β-lactam (4-membered cyclic amide) rings is 1. The average molecular weight is 237 g/mol. The maximum atomic E-state index is 12.2. The second-order valence-corrected chi connectivity index (χ2v) is 4.22. The summed E-state index contributed by atoms with van der Waals surface area (Å²) in [6, 6.07) is 0. The minimum absolute atomic E-state index is 0.180. The third kappa shape index (κ3) is 1.34. The zero-order valence-corrected chi connectivity index (χ0v) is 8.50. The lowest BCUT2D eigenvalue weighted by molar-refractivity contribution is -0.248. The van der Waals surface area contributed by atoms with Crippen molar-refractivity contribution in [3.63, 3.8) is 0 Å². The fraction of sp³-hybridized carbons (Fsp3) is 0.778. The molecule has 2 saturated heterocycles. The van der Waals surface area contributed by atoms with E-state index in [0.717, 1.165) is 0 Å². The zero-order valence-electron chi connectivity index (χ0n) is 8.50. The molecular weight excluding hydrogens is 227 g/mol. The van der Waals surface area contributed by atoms with Gasteiger partial charge in [0.15, 0.2) is 6.23 Å². The zero-order chi connectivity index (χ0) is 12.1. The van der Waals surface area contributed by atoms with E-state index in [0.29, 0.717) is 12.8 Å². The summed E-state index contributed by atoms with van der Waals surface area (Å²) >= 11 is 0. The van der Waals surface area contributed by atoms with Gasteiger partial charge in [-0.3, -0.25) is 9.59 Å². The number of hydrogen-bond donors (Lipinski definition) is 0. The molecule has 2 atom stereocenters. The summed E-state index contributed by atoms with van der Waals surface area (Å²) in [6.07, 6.45) is -5.01. The molecule has 16 heavy (non-hydrogen) atoms. The lowest BCUT2D eigenvalue weighted by Gasteiger charge is -2.54. The predicted octanol–water partition coefficient (Wildman–Crippen LogP) is 1.06. The lowest BCUT2D eigenvalue weighted by atomic mass is 9.73. The molecule has 0 radical (unpaired) electrons. The summed E-state index contributed by atoms with van der Waals surface area (Å²) in [5.74, 6) is -2.93. The molecule has 0 bridgehead atoms. The van der Waals surface area contributed by atoms with Crippen LogP contribution in [-0.2, 0) is 14.3 Å². The number of imide groups is 1. The Labute approximate surface area is 89.3 Å². The van der Waals surface area contributed by atoms with Gasteiger partial charge in [-0.25, -0.2) is 4.90 Å². The van der Waals surface area contributed by atoms with Gasteiger partial charge in [-0.05, 0) is 19.8 Å². The van der Waals surface area contributed by atoms with Gasteiger partial charge >= 0.3 is 12.1 Å². The highest BCUT2D eigenvalue weighted by atomic mass is 19.4. The van der Waals surface area contributed by atoms with Crippen LogP contribution in [0, 0.1) is 5.41 Å². The summed E-state index contributed by atoms with van der Waals surface area (Å²) in [4.78, 5) is 22.7. The normalized spacial score (nSPS) is 34.4. The molecule has 2 rings (SSSR count). The van der Waals surface area contributed by atoms with E-state index >= 15 is 0 Å². The van der Waals surface area contributed by atoms with Crippen LogP contribution in [0.3, 0.4) is 0 Å². The standard InChI is InChI=1S/C9H10F3NO3/c1-8-3-2-4-16-7(8)13(5(8)14)6(15)9(10,11)12/h7H,2-4H2,1H3/t7-,8-/m0/s1. The Bertz CT molecular complexity index is 354. The first-order valence-electron chi connectivity index (χ1n) is 4.85. The number of likely N-dealkylation sites (tertiary alicyclic amines) is 1. The van der Waals surface area contributed by atoms with Crippen molar-refractivity contribution in [2.24, 2.45) is 5.41 Å². The molecule has 0 aromatic rings. The molecule has 2 heterocycles. The van der Waals surface area contributed by atoms with E-state index in [9.17, 15) is 22.8 Å². The molecule has 2 aliphatic heterocycles. The van der Waals surface area contributed by atoms with E-state index in [2.05, 4.69) is 0 Å². The molecule has 0 unspecified atom stereocenters. The van der Waals surface area contributed by atoms with Crippen LogP contribution in [-0.4, -0.2) is 35.7 Å². The van der Waals surface area contributed by atoms with Gasteiger partial charge in [0.05, 0.1) is 5.41 Å². The smallest absolute Gasteiger partial charge is 0.357 e. The van der Waals surface area contributed by atoms with Gasteiger partial charge in [0, 0.05) is 6.61 Å². The molecule has 90 valence electrons. The first-order chi connectivity index (χ1) is 7.28. The van der Waals surface area contributed by atoms with E-state index in [1.54, 1.807) is 0 Å². The third-order valence-electron chi connectivity index (χ3n) is 3.06. The number of carbonyl (C=O) groups excluding carboxylic acids is 2. The van der Waals surface area contributed by atoms with Gasteiger partial charge in [0.25, 0.3) is 0 Å². The van der Waals surface area contributed by atoms with Crippen LogP contribution in [0.15, 0.2) is 0 Å². The van der Waals surface area contributed by atoms with Crippen LogP contribution < -0.4 is 0 Å². The largest absolute Gasteiger partial charge is 0.471 e. The maximum absolute atomic E-state index is 12.2. The Morgan fingerprint density at radius 2 is 2.19 bits per heavy atom. The van der Waals surface area contributed by atoms with E-state index < -0.39 is 29.6 Å². The van der Waals surface area contributed by atoms with Gasteiger partial charge in [-0.2, -0.15) is 13.2 Å². The van der Waals surface area contributed by atoms with Crippen molar-refractivity contribution in [1.29, 1.82) is 0 Å². The van der Waals surface area contributed by atoms with Crippen molar-refractivity contribution >= 4 is 11.8 Å². The molecule has 0 spiro atoms. The Morgan fingerprint density at radius 1 is 1.56 bits per heavy atom. The van der Waals surface area contributed by atoms with E-state index in [1.165, 1.54) is 6.92 Å². The van der Waals surface area contributed by atoms with Crippen LogP contribution in [0.25, 0.3) is 0 Å². The molecule has 0 aromatic carbocycles. The quantitative estimate of drug-likeness (QED) is 0.592. The number of fused-ring (bicyclic) bond motifs is 1. The van der Waals surface area contributed by atoms with E-state index in [-0.39, 0.29) is 11.5 Å². The Kier molecular flexibility index (Phi) is 2.27. The Balaban J connectivity index is 2.21. The Morgan fingerprint density at radius 3 is 2.75 bits per heavy atom. The van der Waals surface area contributed by atoms with Crippen LogP contribution in [0.5, 0.6) is 0 Å². The summed E-state index contributed by atoms with van der Waals surface area (Å²) in [5, 5.41) is 0. The number of rotatable bonds is 0. The molecule has 0 aromatic heterocycles. The second-order valence-electron chi connectivity index (χ2n) is 4.22. The molecular formula is C9H10F3NO3. The van der Waals surface area contributed by atoms with E-state index in [4.69, 9.17) is 4.74 Å². The van der Waals surface area contributed by atoms with Gasteiger partial charge in [-0.15, -0.1) is 0 Å². The van der Waals surface area contributed by atoms with Crippen LogP contribution in [0.4, 0.5) is 13.2 Å². The van der Waals surface area contributed by atoms with Crippen LogP contribution >= 0.6 is 0 Å². The molecule has 4 nitrogen and oxygen atoms in total.